The number of benzene rings is 1. The van der Waals surface area contributed by atoms with Crippen LogP contribution in [0, 0.1) is 17.8 Å². The highest BCUT2D eigenvalue weighted by Gasteiger charge is 2.27. The van der Waals surface area contributed by atoms with E-state index in [1.165, 1.54) is 5.57 Å². The first-order chi connectivity index (χ1) is 17.7. The number of likely N-dealkylation sites (tertiary alicyclic amines) is 1. The Balaban J connectivity index is 1.25. The van der Waals surface area contributed by atoms with Crippen LogP contribution in [-0.4, -0.2) is 52.8 Å². The molecule has 1 aliphatic carbocycles. The average molecular weight is 507 g/mol. The van der Waals surface area contributed by atoms with Gasteiger partial charge in [-0.15, -0.1) is 0 Å². The smallest absolute Gasteiger partial charge is 0.410 e. The molecule has 1 amide bonds. The van der Waals surface area contributed by atoms with Crippen LogP contribution in [0.15, 0.2) is 48.3 Å². The van der Waals surface area contributed by atoms with Gasteiger partial charge < -0.3 is 19.7 Å². The lowest BCUT2D eigenvalue weighted by Gasteiger charge is -2.33. The van der Waals surface area contributed by atoms with Gasteiger partial charge in [0.25, 0.3) is 0 Å². The first kappa shape index (κ1) is 27.0. The minimum atomic E-state index is -0.464. The number of nitrogens with zero attached hydrogens (tertiary/aromatic N) is 3. The van der Waals surface area contributed by atoms with E-state index in [2.05, 4.69) is 47.4 Å². The number of anilines is 1. The van der Waals surface area contributed by atoms with Gasteiger partial charge in [0.05, 0.1) is 12.1 Å². The number of nitrogens with one attached hydrogen (secondary N) is 1. The molecule has 1 atom stereocenters. The Hall–Kier alpha value is -3.09. The van der Waals surface area contributed by atoms with E-state index in [1.807, 2.05) is 39.0 Å². The molecule has 7 heteroatoms. The van der Waals surface area contributed by atoms with Crippen LogP contribution in [0.3, 0.4) is 0 Å². The number of rotatable bonds is 8. The summed E-state index contributed by atoms with van der Waals surface area (Å²) in [5, 5.41) is 4.51. The molecular weight excluding hydrogens is 464 g/mol. The largest absolute Gasteiger partial charge is 0.493 e. The van der Waals surface area contributed by atoms with Crippen molar-refractivity contribution in [3.63, 3.8) is 0 Å². The predicted octanol–water partition coefficient (Wildman–Crippen LogP) is 6.62. The van der Waals surface area contributed by atoms with Crippen LogP contribution < -0.4 is 10.1 Å². The van der Waals surface area contributed by atoms with E-state index in [-0.39, 0.29) is 6.09 Å². The summed E-state index contributed by atoms with van der Waals surface area (Å²) in [6, 6.07) is 6.02. The van der Waals surface area contributed by atoms with Gasteiger partial charge in [-0.05, 0) is 81.9 Å². The predicted molar refractivity (Wildman–Crippen MR) is 149 cm³/mol. The monoisotopic (exact) mass is 506 g/mol. The van der Waals surface area contributed by atoms with E-state index in [1.54, 1.807) is 11.2 Å². The third-order valence-electron chi connectivity index (χ3n) is 7.05. The summed E-state index contributed by atoms with van der Waals surface area (Å²) in [7, 11) is 0. The van der Waals surface area contributed by atoms with Crippen molar-refractivity contribution >= 4 is 22.8 Å². The molecule has 1 saturated heterocycles. The van der Waals surface area contributed by atoms with Crippen LogP contribution in [0.2, 0.25) is 0 Å². The molecule has 0 spiro atoms. The molecule has 1 aromatic heterocycles. The minimum Gasteiger partial charge on any atom is -0.493 e. The van der Waals surface area contributed by atoms with Crippen molar-refractivity contribution in [3.05, 3.63) is 48.3 Å². The Morgan fingerprint density at radius 2 is 1.97 bits per heavy atom. The first-order valence-corrected chi connectivity index (χ1v) is 13.7. The fourth-order valence-corrected chi connectivity index (χ4v) is 4.79. The zero-order valence-corrected chi connectivity index (χ0v) is 23.0. The molecule has 1 aliphatic heterocycles. The van der Waals surface area contributed by atoms with Crippen LogP contribution in [0.1, 0.15) is 60.3 Å². The lowest BCUT2D eigenvalue weighted by atomic mass is 9.90. The van der Waals surface area contributed by atoms with E-state index in [4.69, 9.17) is 9.47 Å². The quantitative estimate of drug-likeness (QED) is 0.434. The summed E-state index contributed by atoms with van der Waals surface area (Å²) >= 11 is 0. The maximum Gasteiger partial charge on any atom is 0.410 e. The van der Waals surface area contributed by atoms with Gasteiger partial charge in [0.1, 0.15) is 23.5 Å². The number of amides is 1. The number of piperidine rings is 1. The Kier molecular flexibility index (Phi) is 8.72. The maximum absolute atomic E-state index is 12.3. The lowest BCUT2D eigenvalue weighted by Crippen LogP contribution is -2.42. The Bertz CT molecular complexity index is 1130. The molecule has 7 nitrogen and oxygen atoms in total. The van der Waals surface area contributed by atoms with Crippen molar-refractivity contribution in [1.29, 1.82) is 0 Å². The van der Waals surface area contributed by atoms with Crippen LogP contribution in [-0.2, 0) is 4.74 Å². The number of aromatic nitrogens is 2. The summed E-state index contributed by atoms with van der Waals surface area (Å²) in [5.74, 6) is 3.25. The van der Waals surface area contributed by atoms with E-state index in [0.717, 1.165) is 54.7 Å². The molecule has 0 radical (unpaired) electrons. The number of carbonyl (C=O) groups excluding carboxylic acids is 1. The molecule has 1 aromatic carbocycles. The van der Waals surface area contributed by atoms with Crippen LogP contribution in [0.4, 0.5) is 10.6 Å². The molecule has 2 aromatic rings. The number of fused-ring (bicyclic) bond motifs is 1. The molecule has 1 fully saturated rings. The summed E-state index contributed by atoms with van der Waals surface area (Å²) in [4.78, 5) is 23.0. The fraction of sp³-hybridized carbons (Fsp3) is 0.567. The second kappa shape index (κ2) is 12.0. The van der Waals surface area contributed by atoms with Crippen molar-refractivity contribution in [2.75, 3.05) is 31.6 Å². The SMILES string of the molecule is CC(C)C1=CCC(CCNc2ncnc3cc(OCC4CCN(C(=O)OC(C)(C)C)CC4)ccc23)C=C1. The second-order valence-electron chi connectivity index (χ2n) is 11.6. The molecule has 1 N–H and O–H groups in total. The lowest BCUT2D eigenvalue weighted by molar-refractivity contribution is 0.0165. The first-order valence-electron chi connectivity index (χ1n) is 13.7. The molecule has 37 heavy (non-hydrogen) atoms. The number of hydrogen-bond acceptors (Lipinski definition) is 6. The van der Waals surface area contributed by atoms with E-state index < -0.39 is 5.60 Å². The summed E-state index contributed by atoms with van der Waals surface area (Å²) in [6.07, 6.45) is 12.4. The van der Waals surface area contributed by atoms with Crippen molar-refractivity contribution in [1.82, 2.24) is 14.9 Å². The second-order valence-corrected chi connectivity index (χ2v) is 11.6. The van der Waals surface area contributed by atoms with Crippen molar-refractivity contribution in [2.24, 2.45) is 17.8 Å². The zero-order chi connectivity index (χ0) is 26.4. The van der Waals surface area contributed by atoms with Gasteiger partial charge in [-0.25, -0.2) is 14.8 Å². The number of allylic oxidation sites excluding steroid dienone is 4. The molecule has 1 unspecified atom stereocenters. The van der Waals surface area contributed by atoms with Gasteiger partial charge in [0.2, 0.25) is 0 Å². The Labute approximate surface area is 221 Å². The van der Waals surface area contributed by atoms with Crippen LogP contribution in [0.5, 0.6) is 5.75 Å². The number of carbonyl (C=O) groups is 1. The number of ether oxygens (including phenoxy) is 2. The van der Waals surface area contributed by atoms with E-state index in [9.17, 15) is 4.79 Å². The van der Waals surface area contributed by atoms with Crippen LogP contribution in [0.25, 0.3) is 10.9 Å². The van der Waals surface area contributed by atoms with E-state index in [0.29, 0.717) is 37.5 Å². The highest BCUT2D eigenvalue weighted by atomic mass is 16.6. The van der Waals surface area contributed by atoms with E-state index >= 15 is 0 Å². The van der Waals surface area contributed by atoms with Gasteiger partial charge in [-0.2, -0.15) is 0 Å². The third kappa shape index (κ3) is 7.70. The highest BCUT2D eigenvalue weighted by Crippen LogP contribution is 2.27. The zero-order valence-electron chi connectivity index (χ0n) is 23.0. The molecule has 0 saturated carbocycles. The molecule has 200 valence electrons. The van der Waals surface area contributed by atoms with Crippen molar-refractivity contribution in [3.8, 4) is 5.75 Å². The van der Waals surface area contributed by atoms with Gasteiger partial charge in [-0.3, -0.25) is 0 Å². The maximum atomic E-state index is 12.3. The topological polar surface area (TPSA) is 76.6 Å². The summed E-state index contributed by atoms with van der Waals surface area (Å²) in [5.41, 5.74) is 1.85. The molecule has 4 rings (SSSR count). The third-order valence-corrected chi connectivity index (χ3v) is 7.05. The average Bonchev–Trinajstić information content (AvgIpc) is 2.87. The fourth-order valence-electron chi connectivity index (χ4n) is 4.79. The van der Waals surface area contributed by atoms with Crippen LogP contribution >= 0.6 is 0 Å². The molecule has 2 aliphatic rings. The highest BCUT2D eigenvalue weighted by molar-refractivity contribution is 5.89. The molecular formula is C30H42N4O3. The summed E-state index contributed by atoms with van der Waals surface area (Å²) in [6.45, 7) is 13.1. The molecule has 0 bridgehead atoms. The minimum absolute atomic E-state index is 0.224. The van der Waals surface area contributed by atoms with Gasteiger partial charge in [0, 0.05) is 31.1 Å². The summed E-state index contributed by atoms with van der Waals surface area (Å²) < 4.78 is 11.6. The Morgan fingerprint density at radius 1 is 1.19 bits per heavy atom. The molecule has 2 heterocycles. The normalized spacial score (nSPS) is 18.7. The van der Waals surface area contributed by atoms with Crippen molar-refractivity contribution < 1.29 is 14.3 Å². The standard InChI is InChI=1S/C30H42N4O3/c1-21(2)24-8-6-22(7-9-24)12-15-31-28-26-11-10-25(18-27(26)32-20-33-28)36-19-23-13-16-34(17-14-23)29(35)37-30(3,4)5/h6,8-11,18,20-23H,7,12-17,19H2,1-5H3,(H,31,32,33). The van der Waals surface area contributed by atoms with Gasteiger partial charge in [0.15, 0.2) is 0 Å². The van der Waals surface area contributed by atoms with Crippen molar-refractivity contribution in [2.45, 2.75) is 65.9 Å². The van der Waals surface area contributed by atoms with Gasteiger partial charge in [-0.1, -0.05) is 32.1 Å². The van der Waals surface area contributed by atoms with Gasteiger partial charge >= 0.3 is 6.09 Å². The number of hydrogen-bond donors (Lipinski definition) is 1. The Morgan fingerprint density at radius 3 is 2.65 bits per heavy atom.